The van der Waals surface area contributed by atoms with Gasteiger partial charge in [-0.1, -0.05) is 28.9 Å². The zero-order valence-electron chi connectivity index (χ0n) is 12.2. The minimum absolute atomic E-state index is 0.160. The summed E-state index contributed by atoms with van der Waals surface area (Å²) >= 11 is 6.20. The van der Waals surface area contributed by atoms with Crippen molar-refractivity contribution in [2.24, 2.45) is 0 Å². The SMILES string of the molecule is COc1ccc(-c2noc(/C(Cl)=C/c3cccc(O)c3)n2)cc1. The van der Waals surface area contributed by atoms with Crippen molar-refractivity contribution >= 4 is 22.7 Å². The van der Waals surface area contributed by atoms with Crippen molar-refractivity contribution in [1.29, 1.82) is 0 Å². The van der Waals surface area contributed by atoms with E-state index in [1.807, 2.05) is 30.3 Å². The van der Waals surface area contributed by atoms with Crippen LogP contribution in [-0.2, 0) is 0 Å². The Morgan fingerprint density at radius 2 is 2.00 bits per heavy atom. The fourth-order valence-corrected chi connectivity index (χ4v) is 2.20. The molecule has 0 aliphatic carbocycles. The Hall–Kier alpha value is -2.79. The Balaban J connectivity index is 1.85. The second-order valence-corrected chi connectivity index (χ2v) is 5.15. The van der Waals surface area contributed by atoms with Crippen molar-refractivity contribution in [3.63, 3.8) is 0 Å². The number of rotatable bonds is 4. The molecule has 0 aliphatic rings. The van der Waals surface area contributed by atoms with Crippen LogP contribution in [0, 0.1) is 0 Å². The molecular formula is C17H13ClN2O3. The molecule has 2 aromatic carbocycles. The van der Waals surface area contributed by atoms with Gasteiger partial charge in [-0.3, -0.25) is 0 Å². The van der Waals surface area contributed by atoms with Gasteiger partial charge in [-0.05, 0) is 48.0 Å². The normalized spacial score (nSPS) is 11.5. The molecule has 5 nitrogen and oxygen atoms in total. The standard InChI is InChI=1S/C17H13ClN2O3/c1-22-14-7-5-12(6-8-14)16-19-17(23-20-16)15(18)10-11-3-2-4-13(21)9-11/h2-10,21H,1H3/b15-10-. The summed E-state index contributed by atoms with van der Waals surface area (Å²) in [6.45, 7) is 0. The van der Waals surface area contributed by atoms with Gasteiger partial charge in [-0.2, -0.15) is 4.98 Å². The third-order valence-corrected chi connectivity index (χ3v) is 3.41. The molecular weight excluding hydrogens is 316 g/mol. The maximum atomic E-state index is 9.46. The van der Waals surface area contributed by atoms with E-state index in [2.05, 4.69) is 10.1 Å². The molecule has 0 unspecified atom stereocenters. The van der Waals surface area contributed by atoms with Gasteiger partial charge in [0, 0.05) is 5.56 Å². The molecule has 1 aromatic heterocycles. The highest BCUT2D eigenvalue weighted by Crippen LogP contribution is 2.25. The molecule has 0 saturated heterocycles. The van der Waals surface area contributed by atoms with Crippen molar-refractivity contribution in [2.75, 3.05) is 7.11 Å². The average Bonchev–Trinajstić information content (AvgIpc) is 3.05. The number of phenolic OH excluding ortho intramolecular Hbond substituents is 1. The first-order valence-electron chi connectivity index (χ1n) is 6.80. The topological polar surface area (TPSA) is 68.4 Å². The van der Waals surface area contributed by atoms with E-state index in [0.717, 1.165) is 16.9 Å². The molecule has 1 heterocycles. The number of aromatic nitrogens is 2. The molecule has 0 radical (unpaired) electrons. The van der Waals surface area contributed by atoms with E-state index in [-0.39, 0.29) is 11.6 Å². The summed E-state index contributed by atoms with van der Waals surface area (Å²) in [6.07, 6.45) is 1.65. The minimum atomic E-state index is 0.160. The number of nitrogens with zero attached hydrogens (tertiary/aromatic N) is 2. The van der Waals surface area contributed by atoms with Gasteiger partial charge in [0.1, 0.15) is 16.5 Å². The Morgan fingerprint density at radius 1 is 1.22 bits per heavy atom. The van der Waals surface area contributed by atoms with Crippen molar-refractivity contribution < 1.29 is 14.4 Å². The summed E-state index contributed by atoms with van der Waals surface area (Å²) in [6, 6.07) is 14.0. The third-order valence-electron chi connectivity index (χ3n) is 3.14. The van der Waals surface area contributed by atoms with Gasteiger partial charge in [0.2, 0.25) is 5.82 Å². The highest BCUT2D eigenvalue weighted by Gasteiger charge is 2.11. The van der Waals surface area contributed by atoms with E-state index in [1.165, 1.54) is 0 Å². The van der Waals surface area contributed by atoms with E-state index in [1.54, 1.807) is 31.4 Å². The number of hydrogen-bond donors (Lipinski definition) is 1. The van der Waals surface area contributed by atoms with Crippen molar-refractivity contribution in [3.8, 4) is 22.9 Å². The smallest absolute Gasteiger partial charge is 0.269 e. The third kappa shape index (κ3) is 3.52. The molecule has 3 aromatic rings. The summed E-state index contributed by atoms with van der Waals surface area (Å²) in [7, 11) is 1.60. The van der Waals surface area contributed by atoms with Crippen molar-refractivity contribution in [2.45, 2.75) is 0 Å². The lowest BCUT2D eigenvalue weighted by Gasteiger charge is -1.99. The molecule has 1 N–H and O–H groups in total. The van der Waals surface area contributed by atoms with E-state index in [4.69, 9.17) is 20.9 Å². The number of ether oxygens (including phenoxy) is 1. The van der Waals surface area contributed by atoms with Gasteiger partial charge in [-0.15, -0.1) is 0 Å². The first kappa shape index (κ1) is 15.1. The van der Waals surface area contributed by atoms with Gasteiger partial charge in [-0.25, -0.2) is 0 Å². The number of halogens is 1. The number of benzene rings is 2. The maximum Gasteiger partial charge on any atom is 0.269 e. The molecule has 116 valence electrons. The van der Waals surface area contributed by atoms with Crippen molar-refractivity contribution in [1.82, 2.24) is 10.1 Å². The van der Waals surface area contributed by atoms with Crippen LogP contribution in [0.3, 0.4) is 0 Å². The second kappa shape index (κ2) is 6.54. The molecule has 3 rings (SSSR count). The van der Waals surface area contributed by atoms with Gasteiger partial charge in [0.05, 0.1) is 7.11 Å². The highest BCUT2D eigenvalue weighted by molar-refractivity contribution is 6.50. The Labute approximate surface area is 137 Å². The monoisotopic (exact) mass is 328 g/mol. The van der Waals surface area contributed by atoms with E-state index in [9.17, 15) is 5.11 Å². The molecule has 0 saturated carbocycles. The van der Waals surface area contributed by atoms with Gasteiger partial charge in [0.25, 0.3) is 5.89 Å². The van der Waals surface area contributed by atoms with Crippen LogP contribution in [0.2, 0.25) is 0 Å². The Morgan fingerprint density at radius 3 is 2.70 bits per heavy atom. The lowest BCUT2D eigenvalue weighted by molar-refractivity contribution is 0.410. The first-order chi connectivity index (χ1) is 11.2. The number of aromatic hydroxyl groups is 1. The zero-order chi connectivity index (χ0) is 16.2. The Kier molecular flexibility index (Phi) is 4.30. The summed E-state index contributed by atoms with van der Waals surface area (Å²) < 4.78 is 10.3. The van der Waals surface area contributed by atoms with E-state index < -0.39 is 0 Å². The number of methoxy groups -OCH3 is 1. The molecule has 0 fully saturated rings. The molecule has 0 bridgehead atoms. The van der Waals surface area contributed by atoms with E-state index >= 15 is 0 Å². The Bertz CT molecular complexity index is 841. The maximum absolute atomic E-state index is 9.46. The van der Waals surface area contributed by atoms with Crippen LogP contribution < -0.4 is 4.74 Å². The van der Waals surface area contributed by atoms with Gasteiger partial charge < -0.3 is 14.4 Å². The fraction of sp³-hybridized carbons (Fsp3) is 0.0588. The predicted octanol–water partition coefficient (Wildman–Crippen LogP) is 4.19. The van der Waals surface area contributed by atoms with Crippen LogP contribution in [0.4, 0.5) is 0 Å². The van der Waals surface area contributed by atoms with E-state index in [0.29, 0.717) is 10.9 Å². The summed E-state index contributed by atoms with van der Waals surface area (Å²) in [4.78, 5) is 4.27. The molecule has 23 heavy (non-hydrogen) atoms. The fourth-order valence-electron chi connectivity index (χ4n) is 2.00. The predicted molar refractivity (Wildman–Crippen MR) is 88.1 cm³/mol. The molecule has 0 aliphatic heterocycles. The number of hydrogen-bond acceptors (Lipinski definition) is 5. The summed E-state index contributed by atoms with van der Waals surface area (Å²) in [5, 5.41) is 13.7. The van der Waals surface area contributed by atoms with Gasteiger partial charge >= 0.3 is 0 Å². The number of phenols is 1. The lowest BCUT2D eigenvalue weighted by Crippen LogP contribution is -1.84. The molecule has 0 atom stereocenters. The average molecular weight is 329 g/mol. The molecule has 6 heteroatoms. The largest absolute Gasteiger partial charge is 0.508 e. The van der Waals surface area contributed by atoms with Crippen LogP contribution in [0.25, 0.3) is 22.5 Å². The minimum Gasteiger partial charge on any atom is -0.508 e. The van der Waals surface area contributed by atoms with Crippen LogP contribution in [0.1, 0.15) is 11.5 Å². The van der Waals surface area contributed by atoms with Crippen LogP contribution >= 0.6 is 11.6 Å². The van der Waals surface area contributed by atoms with Crippen LogP contribution in [-0.4, -0.2) is 22.4 Å². The zero-order valence-corrected chi connectivity index (χ0v) is 13.0. The van der Waals surface area contributed by atoms with Crippen LogP contribution in [0.5, 0.6) is 11.5 Å². The molecule has 0 spiro atoms. The van der Waals surface area contributed by atoms with Crippen LogP contribution in [0.15, 0.2) is 53.1 Å². The lowest BCUT2D eigenvalue weighted by atomic mass is 10.2. The van der Waals surface area contributed by atoms with Crippen molar-refractivity contribution in [3.05, 3.63) is 60.0 Å². The molecule has 0 amide bonds. The summed E-state index contributed by atoms with van der Waals surface area (Å²) in [5.41, 5.74) is 1.53. The first-order valence-corrected chi connectivity index (χ1v) is 7.18. The quantitative estimate of drug-likeness (QED) is 0.777. The van der Waals surface area contributed by atoms with Gasteiger partial charge in [0.15, 0.2) is 0 Å². The summed E-state index contributed by atoms with van der Waals surface area (Å²) in [5.74, 6) is 1.55. The highest BCUT2D eigenvalue weighted by atomic mass is 35.5. The second-order valence-electron chi connectivity index (χ2n) is 4.74.